The van der Waals surface area contributed by atoms with Gasteiger partial charge in [0.2, 0.25) is 5.91 Å². The van der Waals surface area contributed by atoms with Crippen LogP contribution in [0.4, 0.5) is 0 Å². The minimum Gasteiger partial charge on any atom is -0.462 e. The maximum atomic E-state index is 12.7. The van der Waals surface area contributed by atoms with E-state index >= 15 is 0 Å². The summed E-state index contributed by atoms with van der Waals surface area (Å²) in [6.45, 7) is 7.22. The van der Waals surface area contributed by atoms with Crippen molar-refractivity contribution in [2.45, 2.75) is 97.6 Å². The molecule has 0 radical (unpaired) electrons. The average molecular weight is 403 g/mol. The Balaban J connectivity index is 1.51. The topological polar surface area (TPSA) is 60.3 Å². The summed E-state index contributed by atoms with van der Waals surface area (Å²) in [6, 6.07) is 2.34. The largest absolute Gasteiger partial charge is 0.462 e. The summed E-state index contributed by atoms with van der Waals surface area (Å²) < 4.78 is 7.43. The molecule has 0 spiro atoms. The average Bonchev–Trinajstić information content (AvgIpc) is 2.88. The lowest BCUT2D eigenvalue weighted by Gasteiger charge is -2.30. The lowest BCUT2D eigenvalue weighted by Crippen LogP contribution is -2.40. The second-order valence-corrected chi connectivity index (χ2v) is 9.03. The fourth-order valence-corrected chi connectivity index (χ4v) is 5.11. The lowest BCUT2D eigenvalue weighted by molar-refractivity contribution is -0.127. The van der Waals surface area contributed by atoms with Crippen molar-refractivity contribution in [3.05, 3.63) is 23.0 Å². The number of esters is 1. The molecule has 2 saturated carbocycles. The van der Waals surface area contributed by atoms with E-state index in [-0.39, 0.29) is 17.8 Å². The number of ether oxygens (including phenoxy) is 1. The van der Waals surface area contributed by atoms with E-state index in [0.717, 1.165) is 56.5 Å². The molecule has 162 valence electrons. The van der Waals surface area contributed by atoms with Crippen LogP contribution in [0.5, 0.6) is 0 Å². The van der Waals surface area contributed by atoms with Crippen LogP contribution in [-0.2, 0) is 16.1 Å². The zero-order valence-electron chi connectivity index (χ0n) is 18.5. The molecule has 0 atom stereocenters. The molecule has 1 aromatic heterocycles. The van der Waals surface area contributed by atoms with Gasteiger partial charge in [-0.15, -0.1) is 0 Å². The van der Waals surface area contributed by atoms with Crippen LogP contribution in [0.2, 0.25) is 0 Å². The molecule has 29 heavy (non-hydrogen) atoms. The van der Waals surface area contributed by atoms with Gasteiger partial charge in [-0.3, -0.25) is 4.79 Å². The molecule has 0 aliphatic heterocycles. The maximum Gasteiger partial charge on any atom is 0.339 e. The third-order valence-corrected chi connectivity index (χ3v) is 6.93. The Hall–Kier alpha value is -1.78. The van der Waals surface area contributed by atoms with E-state index < -0.39 is 0 Å². The van der Waals surface area contributed by atoms with Gasteiger partial charge in [-0.25, -0.2) is 4.79 Å². The van der Waals surface area contributed by atoms with E-state index in [0.29, 0.717) is 24.1 Å². The van der Waals surface area contributed by atoms with E-state index in [4.69, 9.17) is 4.74 Å². The number of nitrogens with zero attached hydrogens (tertiary/aromatic N) is 1. The minimum absolute atomic E-state index is 0.177. The highest BCUT2D eigenvalue weighted by Crippen LogP contribution is 2.32. The zero-order chi connectivity index (χ0) is 20.8. The van der Waals surface area contributed by atoms with Gasteiger partial charge in [0.05, 0.1) is 12.2 Å². The molecular formula is C24H38N2O3. The van der Waals surface area contributed by atoms with Crippen LogP contribution in [0, 0.1) is 25.7 Å². The van der Waals surface area contributed by atoms with E-state index in [1.807, 2.05) is 19.9 Å². The number of aryl methyl sites for hydroxylation is 1. The van der Waals surface area contributed by atoms with Gasteiger partial charge in [-0.2, -0.15) is 0 Å². The van der Waals surface area contributed by atoms with Crippen LogP contribution in [-0.4, -0.2) is 29.1 Å². The van der Waals surface area contributed by atoms with Crippen molar-refractivity contribution in [3.8, 4) is 0 Å². The molecule has 1 heterocycles. The fourth-order valence-electron chi connectivity index (χ4n) is 5.11. The van der Waals surface area contributed by atoms with Gasteiger partial charge in [0.15, 0.2) is 0 Å². The van der Waals surface area contributed by atoms with Crippen molar-refractivity contribution < 1.29 is 14.3 Å². The monoisotopic (exact) mass is 402 g/mol. The first kappa shape index (κ1) is 21.9. The van der Waals surface area contributed by atoms with Crippen molar-refractivity contribution in [1.29, 1.82) is 0 Å². The van der Waals surface area contributed by atoms with Crippen molar-refractivity contribution >= 4 is 11.9 Å². The Morgan fingerprint density at radius 1 is 1.03 bits per heavy atom. The number of carbonyl (C=O) groups excluding carboxylic acids is 2. The van der Waals surface area contributed by atoms with Crippen LogP contribution < -0.4 is 5.32 Å². The van der Waals surface area contributed by atoms with Crippen LogP contribution >= 0.6 is 0 Å². The van der Waals surface area contributed by atoms with Crippen LogP contribution in [0.25, 0.3) is 0 Å². The normalized spacial score (nSPS) is 23.4. The number of aromatic nitrogens is 1. The molecule has 3 rings (SSSR count). The zero-order valence-corrected chi connectivity index (χ0v) is 18.5. The molecule has 0 bridgehead atoms. The number of rotatable bonds is 6. The van der Waals surface area contributed by atoms with Gasteiger partial charge < -0.3 is 14.6 Å². The second-order valence-electron chi connectivity index (χ2n) is 9.03. The highest BCUT2D eigenvalue weighted by Gasteiger charge is 2.29. The fraction of sp³-hybridized carbons (Fsp3) is 0.750. The van der Waals surface area contributed by atoms with Crippen molar-refractivity contribution in [2.24, 2.45) is 11.8 Å². The molecule has 0 unspecified atom stereocenters. The third-order valence-electron chi connectivity index (χ3n) is 6.93. The maximum absolute atomic E-state index is 12.7. The molecule has 0 saturated heterocycles. The third kappa shape index (κ3) is 5.64. The molecule has 1 aromatic rings. The Labute approximate surface area is 175 Å². The van der Waals surface area contributed by atoms with Gasteiger partial charge in [0, 0.05) is 29.9 Å². The van der Waals surface area contributed by atoms with E-state index in [9.17, 15) is 9.59 Å². The Kier molecular flexibility index (Phi) is 7.79. The molecule has 5 heteroatoms. The summed E-state index contributed by atoms with van der Waals surface area (Å²) in [5.74, 6) is 0.798. The van der Waals surface area contributed by atoms with Gasteiger partial charge in [0.25, 0.3) is 0 Å². The smallest absolute Gasteiger partial charge is 0.339 e. The molecule has 1 N–H and O–H groups in total. The number of nitrogens with one attached hydrogen (secondary N) is 1. The Morgan fingerprint density at radius 2 is 1.69 bits per heavy atom. The summed E-state index contributed by atoms with van der Waals surface area (Å²) in [5, 5.41) is 3.34. The summed E-state index contributed by atoms with van der Waals surface area (Å²) in [7, 11) is 0. The number of hydrogen-bond donors (Lipinski definition) is 1. The highest BCUT2D eigenvalue weighted by molar-refractivity contribution is 5.91. The Bertz CT molecular complexity index is 693. The minimum atomic E-state index is -0.231. The first-order valence-corrected chi connectivity index (χ1v) is 11.6. The van der Waals surface area contributed by atoms with E-state index in [1.165, 1.54) is 25.7 Å². The summed E-state index contributed by atoms with van der Waals surface area (Å²) in [4.78, 5) is 24.9. The second kappa shape index (κ2) is 10.3. The predicted molar refractivity (Wildman–Crippen MR) is 115 cm³/mol. The van der Waals surface area contributed by atoms with Crippen LogP contribution in [0.15, 0.2) is 6.07 Å². The molecule has 5 nitrogen and oxygen atoms in total. The van der Waals surface area contributed by atoms with Crippen molar-refractivity contribution in [1.82, 2.24) is 9.88 Å². The van der Waals surface area contributed by atoms with Crippen molar-refractivity contribution in [3.63, 3.8) is 0 Å². The molecular weight excluding hydrogens is 364 g/mol. The first-order valence-electron chi connectivity index (χ1n) is 11.6. The van der Waals surface area contributed by atoms with Gasteiger partial charge >= 0.3 is 5.97 Å². The number of hydrogen-bond acceptors (Lipinski definition) is 3. The van der Waals surface area contributed by atoms with E-state index in [2.05, 4.69) is 16.8 Å². The molecule has 2 fully saturated rings. The standard InChI is InChI=1S/C24H38N2O3/c1-4-29-24(28)22-15-17(2)26(18(22)3)16-19-11-13-20(14-12-19)23(27)25-21-9-7-5-6-8-10-21/h15,19-21H,4-14,16H2,1-3H3,(H,25,27). The number of amides is 1. The van der Waals surface area contributed by atoms with Gasteiger partial charge in [0.1, 0.15) is 0 Å². The van der Waals surface area contributed by atoms with Gasteiger partial charge in [-0.1, -0.05) is 25.7 Å². The highest BCUT2D eigenvalue weighted by atomic mass is 16.5. The summed E-state index contributed by atoms with van der Waals surface area (Å²) in [6.07, 6.45) is 11.5. The first-order chi connectivity index (χ1) is 14.0. The van der Waals surface area contributed by atoms with Crippen molar-refractivity contribution in [2.75, 3.05) is 6.61 Å². The lowest BCUT2D eigenvalue weighted by atomic mass is 9.81. The molecule has 0 aromatic carbocycles. The van der Waals surface area contributed by atoms with E-state index in [1.54, 1.807) is 0 Å². The molecule has 2 aliphatic rings. The number of carbonyl (C=O) groups is 2. The summed E-state index contributed by atoms with van der Waals surface area (Å²) in [5.41, 5.74) is 2.79. The van der Waals surface area contributed by atoms with Gasteiger partial charge in [-0.05, 0) is 71.3 Å². The Morgan fingerprint density at radius 3 is 2.31 bits per heavy atom. The van der Waals surface area contributed by atoms with Crippen LogP contribution in [0.1, 0.15) is 92.9 Å². The van der Waals surface area contributed by atoms with Crippen LogP contribution in [0.3, 0.4) is 0 Å². The summed E-state index contributed by atoms with van der Waals surface area (Å²) >= 11 is 0. The molecule has 1 amide bonds. The predicted octanol–water partition coefficient (Wildman–Crippen LogP) is 4.93. The SMILES string of the molecule is CCOC(=O)c1cc(C)n(CC2CCC(C(=O)NC3CCCCCC3)CC2)c1C. The molecule has 2 aliphatic carbocycles. The quantitative estimate of drug-likeness (QED) is 0.542.